The second-order valence-electron chi connectivity index (χ2n) is 6.01. The van der Waals surface area contributed by atoms with E-state index in [2.05, 4.69) is 27.0 Å². The molecule has 0 spiro atoms. The van der Waals surface area contributed by atoms with Crippen LogP contribution in [0.5, 0.6) is 5.88 Å². The molecular formula is C18H23N3O. The minimum Gasteiger partial charge on any atom is -0.477 e. The predicted molar refractivity (Wildman–Crippen MR) is 86.7 cm³/mol. The fourth-order valence-electron chi connectivity index (χ4n) is 2.88. The Labute approximate surface area is 132 Å². The number of hydrogen-bond donors (Lipinski definition) is 0. The number of rotatable bonds is 5. The summed E-state index contributed by atoms with van der Waals surface area (Å²) >= 11 is 0. The van der Waals surface area contributed by atoms with Gasteiger partial charge in [-0.2, -0.15) is 0 Å². The average molecular weight is 297 g/mol. The highest BCUT2D eigenvalue weighted by molar-refractivity contribution is 5.23. The standard InChI is InChI=1S/C18H23N3O/c1-15-3-2-8-20-18(15)22-14-17-6-11-21(12-7-17)13-16-4-9-19-10-5-16/h2-5,8-10,17H,6-7,11-14H2,1H3. The summed E-state index contributed by atoms with van der Waals surface area (Å²) in [5, 5.41) is 0. The number of hydrogen-bond acceptors (Lipinski definition) is 4. The molecule has 4 heteroatoms. The quantitative estimate of drug-likeness (QED) is 0.850. The fourth-order valence-corrected chi connectivity index (χ4v) is 2.88. The third-order valence-electron chi connectivity index (χ3n) is 4.28. The molecule has 2 aromatic rings. The van der Waals surface area contributed by atoms with Gasteiger partial charge in [-0.15, -0.1) is 0 Å². The summed E-state index contributed by atoms with van der Waals surface area (Å²) in [6.07, 6.45) is 7.91. The molecule has 22 heavy (non-hydrogen) atoms. The van der Waals surface area contributed by atoms with Gasteiger partial charge in [-0.3, -0.25) is 9.88 Å². The maximum Gasteiger partial charge on any atom is 0.216 e. The van der Waals surface area contributed by atoms with Gasteiger partial charge >= 0.3 is 0 Å². The third-order valence-corrected chi connectivity index (χ3v) is 4.28. The molecule has 0 saturated carbocycles. The zero-order chi connectivity index (χ0) is 15.2. The molecule has 1 aliphatic heterocycles. The molecule has 0 atom stereocenters. The number of ether oxygens (including phenoxy) is 1. The van der Waals surface area contributed by atoms with Gasteiger partial charge in [0.25, 0.3) is 0 Å². The van der Waals surface area contributed by atoms with E-state index in [1.165, 1.54) is 18.4 Å². The molecular weight excluding hydrogens is 274 g/mol. The maximum absolute atomic E-state index is 5.89. The topological polar surface area (TPSA) is 38.2 Å². The Hall–Kier alpha value is -1.94. The van der Waals surface area contributed by atoms with E-state index in [-0.39, 0.29) is 0 Å². The lowest BCUT2D eigenvalue weighted by Crippen LogP contribution is -2.35. The van der Waals surface area contributed by atoms with Gasteiger partial charge in [-0.1, -0.05) is 6.07 Å². The first-order valence-electron chi connectivity index (χ1n) is 7.97. The first kappa shape index (κ1) is 15.0. The van der Waals surface area contributed by atoms with Crippen LogP contribution in [-0.4, -0.2) is 34.6 Å². The third kappa shape index (κ3) is 4.04. The van der Waals surface area contributed by atoms with Crippen LogP contribution >= 0.6 is 0 Å². The molecule has 116 valence electrons. The largest absolute Gasteiger partial charge is 0.477 e. The van der Waals surface area contributed by atoms with Crippen molar-refractivity contribution in [1.29, 1.82) is 0 Å². The Kier molecular flexibility index (Phi) is 5.01. The Bertz CT molecular complexity index is 580. The van der Waals surface area contributed by atoms with Crippen molar-refractivity contribution >= 4 is 0 Å². The first-order valence-corrected chi connectivity index (χ1v) is 7.97. The van der Waals surface area contributed by atoms with Gasteiger partial charge in [0.05, 0.1) is 6.61 Å². The van der Waals surface area contributed by atoms with Crippen LogP contribution in [0.4, 0.5) is 0 Å². The normalized spacial score (nSPS) is 16.6. The van der Waals surface area contributed by atoms with E-state index in [1.54, 1.807) is 6.20 Å². The van der Waals surface area contributed by atoms with E-state index >= 15 is 0 Å². The van der Waals surface area contributed by atoms with Crippen molar-refractivity contribution in [2.75, 3.05) is 19.7 Å². The highest BCUT2D eigenvalue weighted by atomic mass is 16.5. The number of nitrogens with zero attached hydrogens (tertiary/aromatic N) is 3. The summed E-state index contributed by atoms with van der Waals surface area (Å²) in [5.74, 6) is 1.41. The second kappa shape index (κ2) is 7.36. The minimum atomic E-state index is 0.634. The summed E-state index contributed by atoms with van der Waals surface area (Å²) in [6.45, 7) is 6.12. The van der Waals surface area contributed by atoms with Crippen molar-refractivity contribution in [2.45, 2.75) is 26.3 Å². The molecule has 0 unspecified atom stereocenters. The van der Waals surface area contributed by atoms with E-state index in [4.69, 9.17) is 4.74 Å². The number of piperidine rings is 1. The van der Waals surface area contributed by atoms with Gasteiger partial charge in [0, 0.05) is 30.7 Å². The van der Waals surface area contributed by atoms with Crippen LogP contribution in [0, 0.1) is 12.8 Å². The lowest BCUT2D eigenvalue weighted by Gasteiger charge is -2.31. The lowest BCUT2D eigenvalue weighted by molar-refractivity contribution is 0.134. The average Bonchev–Trinajstić information content (AvgIpc) is 2.56. The minimum absolute atomic E-state index is 0.634. The molecule has 1 aliphatic rings. The van der Waals surface area contributed by atoms with Gasteiger partial charge in [-0.25, -0.2) is 4.98 Å². The summed E-state index contributed by atoms with van der Waals surface area (Å²) in [7, 11) is 0. The number of likely N-dealkylation sites (tertiary alicyclic amines) is 1. The van der Waals surface area contributed by atoms with E-state index in [9.17, 15) is 0 Å². The van der Waals surface area contributed by atoms with Crippen LogP contribution in [0.1, 0.15) is 24.0 Å². The summed E-state index contributed by atoms with van der Waals surface area (Å²) < 4.78 is 5.89. The van der Waals surface area contributed by atoms with Crippen molar-refractivity contribution in [3.63, 3.8) is 0 Å². The molecule has 0 radical (unpaired) electrons. The van der Waals surface area contributed by atoms with Crippen molar-refractivity contribution in [1.82, 2.24) is 14.9 Å². The summed E-state index contributed by atoms with van der Waals surface area (Å²) in [4.78, 5) is 10.9. The van der Waals surface area contributed by atoms with Crippen molar-refractivity contribution in [3.05, 3.63) is 54.0 Å². The summed E-state index contributed by atoms with van der Waals surface area (Å²) in [5.41, 5.74) is 2.45. The fraction of sp³-hybridized carbons (Fsp3) is 0.444. The van der Waals surface area contributed by atoms with E-state index in [0.717, 1.165) is 37.7 Å². The zero-order valence-corrected chi connectivity index (χ0v) is 13.1. The number of pyridine rings is 2. The molecule has 0 aliphatic carbocycles. The summed E-state index contributed by atoms with van der Waals surface area (Å²) in [6, 6.07) is 8.18. The molecule has 0 N–H and O–H groups in total. The molecule has 0 amide bonds. The Balaban J connectivity index is 1.43. The van der Waals surface area contributed by atoms with Gasteiger partial charge < -0.3 is 4.74 Å². The highest BCUT2D eigenvalue weighted by Crippen LogP contribution is 2.21. The highest BCUT2D eigenvalue weighted by Gasteiger charge is 2.20. The number of aromatic nitrogens is 2. The molecule has 2 aromatic heterocycles. The van der Waals surface area contributed by atoms with Crippen LogP contribution < -0.4 is 4.74 Å². The van der Waals surface area contributed by atoms with Gasteiger partial charge in [0.2, 0.25) is 5.88 Å². The zero-order valence-electron chi connectivity index (χ0n) is 13.1. The molecule has 0 bridgehead atoms. The van der Waals surface area contributed by atoms with Gasteiger partial charge in [-0.05, 0) is 62.5 Å². The molecule has 3 rings (SSSR count). The van der Waals surface area contributed by atoms with E-state index in [0.29, 0.717) is 5.92 Å². The van der Waals surface area contributed by atoms with Crippen LogP contribution in [0.25, 0.3) is 0 Å². The lowest BCUT2D eigenvalue weighted by atomic mass is 9.97. The molecule has 3 heterocycles. The number of aryl methyl sites for hydroxylation is 1. The monoisotopic (exact) mass is 297 g/mol. The molecule has 4 nitrogen and oxygen atoms in total. The van der Waals surface area contributed by atoms with E-state index < -0.39 is 0 Å². The van der Waals surface area contributed by atoms with Crippen LogP contribution in [0.3, 0.4) is 0 Å². The molecule has 1 saturated heterocycles. The second-order valence-corrected chi connectivity index (χ2v) is 6.01. The molecule has 0 aromatic carbocycles. The Morgan fingerprint density at radius 2 is 1.91 bits per heavy atom. The van der Waals surface area contributed by atoms with E-state index in [1.807, 2.05) is 31.5 Å². The molecule has 1 fully saturated rings. The van der Waals surface area contributed by atoms with Gasteiger partial charge in [0.15, 0.2) is 0 Å². The Morgan fingerprint density at radius 3 is 2.64 bits per heavy atom. The van der Waals surface area contributed by atoms with Crippen molar-refractivity contribution in [3.8, 4) is 5.88 Å². The first-order chi connectivity index (χ1) is 10.8. The van der Waals surface area contributed by atoms with Crippen LogP contribution in [0.2, 0.25) is 0 Å². The predicted octanol–water partition coefficient (Wildman–Crippen LogP) is 3.08. The van der Waals surface area contributed by atoms with Crippen LogP contribution in [-0.2, 0) is 6.54 Å². The van der Waals surface area contributed by atoms with Crippen molar-refractivity contribution in [2.24, 2.45) is 5.92 Å². The van der Waals surface area contributed by atoms with Crippen LogP contribution in [0.15, 0.2) is 42.9 Å². The van der Waals surface area contributed by atoms with Gasteiger partial charge in [0.1, 0.15) is 0 Å². The SMILES string of the molecule is Cc1cccnc1OCC1CCN(Cc2ccncc2)CC1. The Morgan fingerprint density at radius 1 is 1.14 bits per heavy atom. The maximum atomic E-state index is 5.89. The smallest absolute Gasteiger partial charge is 0.216 e. The van der Waals surface area contributed by atoms with Crippen molar-refractivity contribution < 1.29 is 4.74 Å².